The predicted molar refractivity (Wildman–Crippen MR) is 103 cm³/mol. The maximum absolute atomic E-state index is 12.5. The van der Waals surface area contributed by atoms with E-state index in [2.05, 4.69) is 4.74 Å². The normalized spacial score (nSPS) is 13.8. The van der Waals surface area contributed by atoms with Crippen LogP contribution in [0.25, 0.3) is 6.08 Å². The summed E-state index contributed by atoms with van der Waals surface area (Å²) in [7, 11) is 1.31. The number of carbonyl (C=O) groups excluding carboxylic acids is 3. The van der Waals surface area contributed by atoms with E-state index in [1.165, 1.54) is 13.2 Å². The second kappa shape index (κ2) is 8.71. The van der Waals surface area contributed by atoms with Gasteiger partial charge in [0, 0.05) is 18.4 Å². The van der Waals surface area contributed by atoms with Gasteiger partial charge in [-0.15, -0.1) is 11.6 Å². The minimum Gasteiger partial charge on any atom is -0.465 e. The third kappa shape index (κ3) is 4.40. The number of halogens is 1. The lowest BCUT2D eigenvalue weighted by Crippen LogP contribution is -2.07. The van der Waals surface area contributed by atoms with Gasteiger partial charge in [0.2, 0.25) is 5.78 Å². The van der Waals surface area contributed by atoms with Gasteiger partial charge in [-0.1, -0.05) is 12.1 Å². The molecule has 6 nitrogen and oxygen atoms in total. The number of esters is 2. The van der Waals surface area contributed by atoms with Crippen molar-refractivity contribution in [2.75, 3.05) is 13.0 Å². The van der Waals surface area contributed by atoms with Crippen LogP contribution in [0.5, 0.6) is 11.5 Å². The van der Waals surface area contributed by atoms with Crippen LogP contribution in [0.1, 0.15) is 39.1 Å². The highest BCUT2D eigenvalue weighted by Crippen LogP contribution is 2.35. The largest absolute Gasteiger partial charge is 0.465 e. The first kappa shape index (κ1) is 19.6. The van der Waals surface area contributed by atoms with Crippen molar-refractivity contribution in [2.45, 2.75) is 12.8 Å². The number of hydrogen-bond donors (Lipinski definition) is 0. The fourth-order valence-corrected chi connectivity index (χ4v) is 2.74. The molecule has 2 aromatic rings. The third-order valence-corrected chi connectivity index (χ3v) is 4.28. The second-order valence-corrected chi connectivity index (χ2v) is 6.36. The summed E-state index contributed by atoms with van der Waals surface area (Å²) >= 11 is 5.56. The van der Waals surface area contributed by atoms with Gasteiger partial charge < -0.3 is 14.2 Å². The molecule has 7 heteroatoms. The Balaban J connectivity index is 1.75. The number of hydrogen-bond acceptors (Lipinski definition) is 6. The van der Waals surface area contributed by atoms with Gasteiger partial charge in [-0.25, -0.2) is 4.79 Å². The lowest BCUT2D eigenvalue weighted by Gasteiger charge is -2.05. The number of rotatable bonds is 6. The van der Waals surface area contributed by atoms with Crippen LogP contribution in [-0.4, -0.2) is 30.7 Å². The zero-order valence-electron chi connectivity index (χ0n) is 15.1. The Morgan fingerprint density at radius 2 is 1.89 bits per heavy atom. The highest BCUT2D eigenvalue weighted by atomic mass is 35.5. The molecule has 3 rings (SSSR count). The molecule has 0 N–H and O–H groups in total. The number of alkyl halides is 1. The zero-order chi connectivity index (χ0) is 20.1. The summed E-state index contributed by atoms with van der Waals surface area (Å²) in [5.41, 5.74) is 1.49. The summed E-state index contributed by atoms with van der Waals surface area (Å²) in [5, 5.41) is 0. The number of Topliss-reactive ketones (excluding diaryl/α,β-unsaturated/α-hetero) is 1. The van der Waals surface area contributed by atoms with Gasteiger partial charge in [0.1, 0.15) is 11.5 Å². The number of carbonyl (C=O) groups is 3. The number of ketones is 1. The number of benzene rings is 2. The topological polar surface area (TPSA) is 78.9 Å². The van der Waals surface area contributed by atoms with E-state index >= 15 is 0 Å². The molecule has 0 fully saturated rings. The highest BCUT2D eigenvalue weighted by Gasteiger charge is 2.28. The number of ether oxygens (including phenoxy) is 3. The molecular formula is C21H17ClO6. The highest BCUT2D eigenvalue weighted by molar-refractivity contribution is 6.18. The quantitative estimate of drug-likeness (QED) is 0.315. The summed E-state index contributed by atoms with van der Waals surface area (Å²) in [4.78, 5) is 35.7. The Bertz CT molecular complexity index is 946. The molecule has 1 aliphatic rings. The van der Waals surface area contributed by atoms with Crippen LogP contribution in [0.2, 0.25) is 0 Å². The number of fused-ring (bicyclic) bond motifs is 1. The predicted octanol–water partition coefficient (Wildman–Crippen LogP) is 4.01. The first-order valence-electron chi connectivity index (χ1n) is 8.55. The van der Waals surface area contributed by atoms with Crippen LogP contribution in [0.3, 0.4) is 0 Å². The van der Waals surface area contributed by atoms with Crippen LogP contribution >= 0.6 is 11.6 Å². The minimum absolute atomic E-state index is 0.145. The molecule has 0 aromatic heterocycles. The van der Waals surface area contributed by atoms with Crippen LogP contribution in [0.15, 0.2) is 48.2 Å². The number of methoxy groups -OCH3 is 1. The summed E-state index contributed by atoms with van der Waals surface area (Å²) in [5.74, 6) is 0.0451. The van der Waals surface area contributed by atoms with Crippen LogP contribution < -0.4 is 9.47 Å². The molecule has 2 aromatic carbocycles. The molecular weight excluding hydrogens is 384 g/mol. The maximum Gasteiger partial charge on any atom is 0.337 e. The summed E-state index contributed by atoms with van der Waals surface area (Å²) in [6.07, 6.45) is 2.32. The first-order valence-corrected chi connectivity index (χ1v) is 9.08. The molecule has 144 valence electrons. The van der Waals surface area contributed by atoms with Gasteiger partial charge in [0.05, 0.1) is 18.2 Å². The molecule has 28 heavy (non-hydrogen) atoms. The summed E-state index contributed by atoms with van der Waals surface area (Å²) in [6.45, 7) is 0. The van der Waals surface area contributed by atoms with Crippen molar-refractivity contribution >= 4 is 35.4 Å². The smallest absolute Gasteiger partial charge is 0.337 e. The molecule has 0 saturated heterocycles. The van der Waals surface area contributed by atoms with E-state index in [-0.39, 0.29) is 18.0 Å². The van der Waals surface area contributed by atoms with E-state index < -0.39 is 11.9 Å². The Labute approximate surface area is 166 Å². The Morgan fingerprint density at radius 1 is 1.14 bits per heavy atom. The van der Waals surface area contributed by atoms with E-state index in [9.17, 15) is 14.4 Å². The monoisotopic (exact) mass is 400 g/mol. The minimum atomic E-state index is -0.437. The molecule has 0 radical (unpaired) electrons. The Hall–Kier alpha value is -3.12. The fourth-order valence-electron chi connectivity index (χ4n) is 2.61. The van der Waals surface area contributed by atoms with Crippen molar-refractivity contribution in [3.8, 4) is 11.5 Å². The molecule has 1 aliphatic heterocycles. The van der Waals surface area contributed by atoms with E-state index in [0.29, 0.717) is 40.5 Å². The molecule has 0 aliphatic carbocycles. The van der Waals surface area contributed by atoms with Gasteiger partial charge >= 0.3 is 11.9 Å². The van der Waals surface area contributed by atoms with Crippen molar-refractivity contribution in [3.63, 3.8) is 0 Å². The summed E-state index contributed by atoms with van der Waals surface area (Å²) in [6, 6.07) is 11.2. The fraction of sp³-hybridized carbons (Fsp3) is 0.190. The van der Waals surface area contributed by atoms with E-state index in [1.54, 1.807) is 42.5 Å². The lowest BCUT2D eigenvalue weighted by atomic mass is 10.1. The second-order valence-electron chi connectivity index (χ2n) is 5.98. The Kier molecular flexibility index (Phi) is 6.11. The summed E-state index contributed by atoms with van der Waals surface area (Å²) < 4.78 is 15.5. The maximum atomic E-state index is 12.5. The average molecular weight is 401 g/mol. The zero-order valence-corrected chi connectivity index (χ0v) is 15.8. The molecule has 0 amide bonds. The van der Waals surface area contributed by atoms with Gasteiger partial charge in [0.25, 0.3) is 0 Å². The standard InChI is InChI=1S/C21H17ClO6/c1-26-21(25)14-6-4-13(5-7-14)11-18-20(24)16-9-8-15(12-17(16)28-18)27-19(23)3-2-10-22/h4-9,11-12H,2-3,10H2,1H3/b18-11-. The van der Waals surface area contributed by atoms with E-state index in [1.807, 2.05) is 0 Å². The molecule has 0 spiro atoms. The van der Waals surface area contributed by atoms with Crippen molar-refractivity contribution in [1.82, 2.24) is 0 Å². The Morgan fingerprint density at radius 3 is 2.57 bits per heavy atom. The lowest BCUT2D eigenvalue weighted by molar-refractivity contribution is -0.134. The van der Waals surface area contributed by atoms with Crippen LogP contribution in [0, 0.1) is 0 Å². The molecule has 0 unspecified atom stereocenters. The van der Waals surface area contributed by atoms with E-state index in [4.69, 9.17) is 21.1 Å². The molecule has 0 bridgehead atoms. The van der Waals surface area contributed by atoms with Crippen LogP contribution in [-0.2, 0) is 9.53 Å². The van der Waals surface area contributed by atoms with Gasteiger partial charge in [-0.3, -0.25) is 9.59 Å². The number of allylic oxidation sites excluding steroid dienone is 1. The van der Waals surface area contributed by atoms with Gasteiger partial charge in [-0.05, 0) is 42.3 Å². The van der Waals surface area contributed by atoms with Gasteiger partial charge in [0.15, 0.2) is 5.76 Å². The van der Waals surface area contributed by atoms with E-state index in [0.717, 1.165) is 0 Å². The average Bonchev–Trinajstić information content (AvgIpc) is 3.01. The molecule has 0 atom stereocenters. The van der Waals surface area contributed by atoms with Crippen molar-refractivity contribution in [3.05, 3.63) is 64.9 Å². The van der Waals surface area contributed by atoms with Crippen molar-refractivity contribution in [2.24, 2.45) is 0 Å². The van der Waals surface area contributed by atoms with Gasteiger partial charge in [-0.2, -0.15) is 0 Å². The van der Waals surface area contributed by atoms with Crippen molar-refractivity contribution in [1.29, 1.82) is 0 Å². The first-order chi connectivity index (χ1) is 13.5. The molecule has 0 saturated carbocycles. The molecule has 1 heterocycles. The van der Waals surface area contributed by atoms with Crippen molar-refractivity contribution < 1.29 is 28.6 Å². The van der Waals surface area contributed by atoms with Crippen LogP contribution in [0.4, 0.5) is 0 Å². The SMILES string of the molecule is COC(=O)c1ccc(/C=C2\Oc3cc(OC(=O)CCCCl)ccc3C2=O)cc1. The third-order valence-electron chi connectivity index (χ3n) is 4.02.